The van der Waals surface area contributed by atoms with Gasteiger partial charge in [-0.15, -0.1) is 23.5 Å². The molecule has 3 aliphatic heterocycles. The molecule has 3 heterocycles. The summed E-state index contributed by atoms with van der Waals surface area (Å²) >= 11 is 23.8. The first-order valence-corrected chi connectivity index (χ1v) is 22.4. The number of benzene rings is 2. The number of hydrogen-bond donors (Lipinski definition) is 0. The minimum atomic E-state index is -0.190. The molecule has 0 aromatic heterocycles. The Balaban J connectivity index is 1.13. The van der Waals surface area contributed by atoms with Crippen molar-refractivity contribution < 1.29 is 0 Å². The van der Waals surface area contributed by atoms with Crippen LogP contribution in [0.2, 0.25) is 0 Å². The summed E-state index contributed by atoms with van der Waals surface area (Å²) in [6.45, 7) is 13.9. The molecule has 0 aliphatic carbocycles. The van der Waals surface area contributed by atoms with Gasteiger partial charge in [-0.2, -0.15) is 11.8 Å². The van der Waals surface area contributed by atoms with Gasteiger partial charge in [0.2, 0.25) is 0 Å². The van der Waals surface area contributed by atoms with E-state index in [1.165, 1.54) is 68.7 Å². The highest BCUT2D eigenvalue weighted by molar-refractivity contribution is 8.03. The van der Waals surface area contributed by atoms with Crippen molar-refractivity contribution in [3.05, 3.63) is 106 Å². The first-order chi connectivity index (χ1) is 23.6. The number of thioether (sulfide) groups is 3. The summed E-state index contributed by atoms with van der Waals surface area (Å²) in [5.74, 6) is 5.80. The Kier molecular flexibility index (Phi) is 14.3. The number of allylic oxidation sites excluding steroid dienone is 3. The quantitative estimate of drug-likeness (QED) is 0.0885. The van der Waals surface area contributed by atoms with Gasteiger partial charge >= 0.3 is 0 Å². The molecule has 7 heteroatoms. The normalized spacial score (nSPS) is 23.1. The van der Waals surface area contributed by atoms with Gasteiger partial charge in [0.25, 0.3) is 0 Å². The Morgan fingerprint density at radius 3 is 2.18 bits per heavy atom. The monoisotopic (exact) mass is 763 g/mol. The molecule has 1 nitrogen and oxygen atoms in total. The van der Waals surface area contributed by atoms with E-state index in [-0.39, 0.29) is 11.0 Å². The van der Waals surface area contributed by atoms with Gasteiger partial charge in [-0.25, -0.2) is 0 Å². The number of hydrogen-bond acceptors (Lipinski definition) is 6. The second kappa shape index (κ2) is 18.0. The Hall–Kier alpha value is -1.22. The highest BCUT2D eigenvalue weighted by Crippen LogP contribution is 2.49. The summed E-state index contributed by atoms with van der Waals surface area (Å²) in [5, 5.41) is 0. The fourth-order valence-corrected chi connectivity index (χ4v) is 12.8. The topological polar surface area (TPSA) is 3.24 Å². The molecule has 2 fully saturated rings. The lowest BCUT2D eigenvalue weighted by Gasteiger charge is -2.47. The average molecular weight is 764 g/mol. The average Bonchev–Trinajstić information content (AvgIpc) is 3.77. The van der Waals surface area contributed by atoms with Gasteiger partial charge in [0, 0.05) is 27.3 Å². The largest absolute Gasteiger partial charge is 0.326 e. The molecule has 3 aliphatic rings. The molecule has 2 aromatic rings. The van der Waals surface area contributed by atoms with E-state index in [9.17, 15) is 0 Å². The van der Waals surface area contributed by atoms with Crippen molar-refractivity contribution in [1.29, 1.82) is 0 Å². The van der Waals surface area contributed by atoms with Gasteiger partial charge in [-0.1, -0.05) is 124 Å². The van der Waals surface area contributed by atoms with Crippen molar-refractivity contribution in [3.63, 3.8) is 0 Å². The maximum absolute atomic E-state index is 6.29. The molecule has 0 amide bonds. The Bertz CT molecular complexity index is 1550. The summed E-state index contributed by atoms with van der Waals surface area (Å²) in [5.41, 5.74) is 3.76. The van der Waals surface area contributed by atoms with Gasteiger partial charge in [0.05, 0.1) is 5.54 Å². The number of rotatable bonds is 17. The van der Waals surface area contributed by atoms with Crippen LogP contribution in [0.25, 0.3) is 0 Å². The Morgan fingerprint density at radius 1 is 0.918 bits per heavy atom. The third-order valence-corrected chi connectivity index (χ3v) is 15.6. The van der Waals surface area contributed by atoms with E-state index in [1.54, 1.807) is 0 Å². The van der Waals surface area contributed by atoms with Crippen LogP contribution in [-0.4, -0.2) is 42.6 Å². The minimum Gasteiger partial charge on any atom is -0.326 e. The van der Waals surface area contributed by atoms with Crippen molar-refractivity contribution in [3.8, 4) is 0 Å². The molecule has 0 spiro atoms. The molecule has 0 radical (unpaired) electrons. The van der Waals surface area contributed by atoms with Gasteiger partial charge < -0.3 is 4.90 Å². The lowest BCUT2D eigenvalue weighted by molar-refractivity contribution is 0.205. The van der Waals surface area contributed by atoms with Crippen LogP contribution in [0.3, 0.4) is 0 Å². The fourth-order valence-electron chi connectivity index (χ4n) is 7.92. The SMILES string of the molecule is C=C1C2CCSC2=CC(=S)N1C(C)(CCCCSCCCCC(C)(c1ccccc1)C(C)C(=S)C1CCS/C1=C/C(C)=S)c1ccccc1. The van der Waals surface area contributed by atoms with Crippen molar-refractivity contribution in [1.82, 2.24) is 4.90 Å². The molecule has 0 N–H and O–H groups in total. The number of unbranched alkanes of at least 4 members (excludes halogenated alkanes) is 2. The van der Waals surface area contributed by atoms with E-state index in [2.05, 4.69) is 117 Å². The van der Waals surface area contributed by atoms with Gasteiger partial charge in [-0.3, -0.25) is 0 Å². The number of thiocarbonyl (C=S) groups is 3. The summed E-state index contributed by atoms with van der Waals surface area (Å²) in [4.78, 5) is 8.28. The van der Waals surface area contributed by atoms with Gasteiger partial charge in [0.1, 0.15) is 4.99 Å². The number of fused-ring (bicyclic) bond motifs is 1. The predicted octanol–water partition coefficient (Wildman–Crippen LogP) is 12.8. The predicted molar refractivity (Wildman–Crippen MR) is 234 cm³/mol. The van der Waals surface area contributed by atoms with E-state index < -0.39 is 0 Å². The minimum absolute atomic E-state index is 0.0160. The summed E-state index contributed by atoms with van der Waals surface area (Å²) < 4.78 is 0. The fraction of sp³-hybridized carbons (Fsp3) is 0.500. The van der Waals surface area contributed by atoms with E-state index in [0.29, 0.717) is 17.8 Å². The summed E-state index contributed by atoms with van der Waals surface area (Å²) in [6.07, 6.45) is 13.8. The second-order valence-electron chi connectivity index (χ2n) is 14.3. The van der Waals surface area contributed by atoms with Crippen molar-refractivity contribution in [2.24, 2.45) is 17.8 Å². The molecule has 49 heavy (non-hydrogen) atoms. The lowest BCUT2D eigenvalue weighted by atomic mass is 9.66. The summed E-state index contributed by atoms with van der Waals surface area (Å²) in [6, 6.07) is 22.1. The van der Waals surface area contributed by atoms with Crippen LogP contribution >= 0.6 is 71.9 Å². The van der Waals surface area contributed by atoms with Crippen molar-refractivity contribution >= 4 is 86.7 Å². The zero-order valence-electron chi connectivity index (χ0n) is 29.7. The van der Waals surface area contributed by atoms with Crippen molar-refractivity contribution in [2.75, 3.05) is 23.0 Å². The lowest BCUT2D eigenvalue weighted by Crippen LogP contribution is -2.48. The van der Waals surface area contributed by atoms with E-state index >= 15 is 0 Å². The number of nitrogens with zero attached hydrogens (tertiary/aromatic N) is 1. The molecule has 0 saturated carbocycles. The smallest absolute Gasteiger partial charge is 0.107 e. The van der Waals surface area contributed by atoms with Crippen LogP contribution in [0.15, 0.2) is 94.9 Å². The molecule has 2 saturated heterocycles. The zero-order valence-corrected chi connectivity index (χ0v) is 34.6. The highest BCUT2D eigenvalue weighted by atomic mass is 32.2. The van der Waals surface area contributed by atoms with Crippen LogP contribution in [0, 0.1) is 17.8 Å². The first-order valence-electron chi connectivity index (χ1n) is 18.0. The van der Waals surface area contributed by atoms with Crippen LogP contribution in [0.4, 0.5) is 0 Å². The Morgan fingerprint density at radius 2 is 1.53 bits per heavy atom. The maximum Gasteiger partial charge on any atom is 0.107 e. The molecule has 5 atom stereocenters. The van der Waals surface area contributed by atoms with Crippen LogP contribution < -0.4 is 0 Å². The molecular weight excluding hydrogens is 711 g/mol. The van der Waals surface area contributed by atoms with Crippen LogP contribution in [0.1, 0.15) is 90.2 Å². The molecule has 262 valence electrons. The third-order valence-electron chi connectivity index (χ3n) is 11.0. The zero-order chi connectivity index (χ0) is 35.0. The highest BCUT2D eigenvalue weighted by Gasteiger charge is 2.43. The standard InChI is InChI=1S/C42H53NS6/c1-30(44)28-37-36(21-27-48-37)40(46)31(2)41(4,33-16-8-6-9-17-33)22-12-14-24-47-25-15-13-23-42(5,34-18-10-7-11-19-34)43-32(3)35-20-26-49-38(35)29-39(43)45/h6-11,16-19,28-29,31,35-36H,3,12-15,20-27H2,1-2,4-5H3/b37-28+. The molecule has 5 rings (SSSR count). The van der Waals surface area contributed by atoms with Crippen molar-refractivity contribution in [2.45, 2.75) is 90.0 Å². The molecule has 2 aromatic carbocycles. The first kappa shape index (κ1) is 39.0. The van der Waals surface area contributed by atoms with Gasteiger partial charge in [-0.05, 0) is 126 Å². The third kappa shape index (κ3) is 9.24. The van der Waals surface area contributed by atoms with E-state index in [4.69, 9.17) is 36.7 Å². The Labute approximate surface area is 326 Å². The van der Waals surface area contributed by atoms with Crippen LogP contribution in [-0.2, 0) is 11.0 Å². The summed E-state index contributed by atoms with van der Waals surface area (Å²) in [7, 11) is 0. The molecule has 5 unspecified atom stereocenters. The van der Waals surface area contributed by atoms with E-state index in [0.717, 1.165) is 47.0 Å². The molecule has 0 bridgehead atoms. The molecular formula is C42H53NS6. The van der Waals surface area contributed by atoms with Gasteiger partial charge in [0.15, 0.2) is 0 Å². The second-order valence-corrected chi connectivity index (χ2v) is 19.4. The van der Waals surface area contributed by atoms with E-state index in [1.807, 2.05) is 30.4 Å². The maximum atomic E-state index is 6.29. The van der Waals surface area contributed by atoms with Crippen LogP contribution in [0.5, 0.6) is 0 Å².